The van der Waals surface area contributed by atoms with Crippen LogP contribution in [-0.4, -0.2) is 41.4 Å². The highest BCUT2D eigenvalue weighted by molar-refractivity contribution is 9.10. The molecule has 0 unspecified atom stereocenters. The van der Waals surface area contributed by atoms with Crippen LogP contribution in [0, 0.1) is 6.92 Å². The first kappa shape index (κ1) is 23.5. The fraction of sp³-hybridized carbons (Fsp3) is 0.174. The maximum Gasteiger partial charge on any atom is 0.129 e. The molecule has 33 heavy (non-hydrogen) atoms. The van der Waals surface area contributed by atoms with Gasteiger partial charge in [0.2, 0.25) is 0 Å². The third-order valence-electron chi connectivity index (χ3n) is 4.78. The SMILES string of the molecule is Cc1nn(CCCO)cc1-c1cnc2ccc(Cl)nc2c1.Clc1ccc2ncc(Br)cc2n1. The number of hydrogen-bond acceptors (Lipinski definition) is 6. The highest BCUT2D eigenvalue weighted by Crippen LogP contribution is 2.25. The van der Waals surface area contributed by atoms with Crippen molar-refractivity contribution in [2.24, 2.45) is 0 Å². The van der Waals surface area contributed by atoms with Gasteiger partial charge in [-0.1, -0.05) is 23.2 Å². The van der Waals surface area contributed by atoms with Gasteiger partial charge in [0.1, 0.15) is 10.3 Å². The van der Waals surface area contributed by atoms with Crippen LogP contribution in [0.3, 0.4) is 0 Å². The van der Waals surface area contributed by atoms with E-state index >= 15 is 0 Å². The Morgan fingerprint density at radius 1 is 0.909 bits per heavy atom. The summed E-state index contributed by atoms with van der Waals surface area (Å²) in [5.41, 5.74) is 6.14. The summed E-state index contributed by atoms with van der Waals surface area (Å²) in [6, 6.07) is 11.0. The van der Waals surface area contributed by atoms with Crippen LogP contribution >= 0.6 is 39.1 Å². The van der Waals surface area contributed by atoms with Crippen molar-refractivity contribution in [1.29, 1.82) is 0 Å². The minimum absolute atomic E-state index is 0.161. The monoisotopic (exact) mass is 544 g/mol. The van der Waals surface area contributed by atoms with Crippen LogP contribution in [0.15, 0.2) is 59.5 Å². The topological polar surface area (TPSA) is 89.6 Å². The van der Waals surface area contributed by atoms with Crippen molar-refractivity contribution >= 4 is 61.2 Å². The number of pyridine rings is 4. The number of fused-ring (bicyclic) bond motifs is 2. The Balaban J connectivity index is 0.000000183. The quantitative estimate of drug-likeness (QED) is 0.283. The first-order valence-corrected chi connectivity index (χ1v) is 11.6. The zero-order chi connectivity index (χ0) is 23.4. The molecule has 0 atom stereocenters. The number of halogens is 3. The van der Waals surface area contributed by atoms with Crippen molar-refractivity contribution in [2.75, 3.05) is 6.61 Å². The lowest BCUT2D eigenvalue weighted by Crippen LogP contribution is -2.00. The van der Waals surface area contributed by atoms with E-state index in [-0.39, 0.29) is 6.61 Å². The molecule has 5 heterocycles. The Bertz CT molecular complexity index is 1390. The largest absolute Gasteiger partial charge is 0.396 e. The molecule has 0 amide bonds. The Hall–Kier alpha value is -2.65. The third kappa shape index (κ3) is 5.83. The Morgan fingerprint density at radius 3 is 2.21 bits per heavy atom. The molecule has 5 aromatic heterocycles. The van der Waals surface area contributed by atoms with Crippen molar-refractivity contribution in [3.05, 3.63) is 75.5 Å². The second kappa shape index (κ2) is 10.5. The van der Waals surface area contributed by atoms with Gasteiger partial charge in [-0.2, -0.15) is 5.10 Å². The zero-order valence-electron chi connectivity index (χ0n) is 17.6. The predicted octanol–water partition coefficient (Wildman–Crippen LogP) is 5.88. The van der Waals surface area contributed by atoms with E-state index in [1.165, 1.54) is 0 Å². The van der Waals surface area contributed by atoms with E-state index in [4.69, 9.17) is 28.3 Å². The normalized spacial score (nSPS) is 10.9. The number of rotatable bonds is 4. The average molecular weight is 546 g/mol. The molecular weight excluding hydrogens is 527 g/mol. The van der Waals surface area contributed by atoms with Crippen LogP contribution in [-0.2, 0) is 6.54 Å². The molecule has 5 aromatic rings. The van der Waals surface area contributed by atoms with E-state index in [0.29, 0.717) is 23.3 Å². The van der Waals surface area contributed by atoms with E-state index in [9.17, 15) is 0 Å². The summed E-state index contributed by atoms with van der Waals surface area (Å²) in [6.45, 7) is 2.82. The van der Waals surface area contributed by atoms with E-state index in [2.05, 4.69) is 41.0 Å². The Morgan fingerprint density at radius 2 is 1.55 bits per heavy atom. The number of aliphatic hydroxyl groups is 1. The van der Waals surface area contributed by atoms with E-state index in [0.717, 1.165) is 43.4 Å². The molecule has 7 nitrogen and oxygen atoms in total. The van der Waals surface area contributed by atoms with E-state index in [1.54, 1.807) is 18.3 Å². The summed E-state index contributed by atoms with van der Waals surface area (Å²) in [4.78, 5) is 17.0. The third-order valence-corrected chi connectivity index (χ3v) is 5.63. The standard InChI is InChI=1S/C15H15ClN4O.C8H4BrClN2/c1-10-12(9-20(19-10)5-2-6-21)11-7-14-13(17-8-11)3-4-15(16)18-14;9-5-3-7-6(11-4-5)1-2-8(10)12-7/h3-4,7-9,21H,2,5-6H2,1H3;1-4H. The van der Waals surface area contributed by atoms with Gasteiger partial charge in [-0.05, 0) is 65.7 Å². The van der Waals surface area contributed by atoms with Gasteiger partial charge in [0, 0.05) is 47.3 Å². The first-order valence-electron chi connectivity index (χ1n) is 10.1. The molecule has 168 valence electrons. The minimum atomic E-state index is 0.161. The van der Waals surface area contributed by atoms with Crippen LogP contribution in [0.1, 0.15) is 12.1 Å². The smallest absolute Gasteiger partial charge is 0.129 e. The maximum absolute atomic E-state index is 8.89. The molecule has 0 saturated carbocycles. The molecule has 1 N–H and O–H groups in total. The minimum Gasteiger partial charge on any atom is -0.396 e. The van der Waals surface area contributed by atoms with Crippen molar-refractivity contribution in [3.8, 4) is 11.1 Å². The van der Waals surface area contributed by atoms with Gasteiger partial charge in [-0.15, -0.1) is 0 Å². The maximum atomic E-state index is 8.89. The molecule has 0 aliphatic rings. The average Bonchev–Trinajstić information content (AvgIpc) is 3.17. The van der Waals surface area contributed by atoms with Crippen LogP contribution in [0.25, 0.3) is 33.2 Å². The second-order valence-corrected chi connectivity index (χ2v) is 8.88. The Labute approximate surface area is 208 Å². The van der Waals surface area contributed by atoms with Gasteiger partial charge < -0.3 is 5.11 Å². The molecule has 0 spiro atoms. The number of nitrogens with zero attached hydrogens (tertiary/aromatic N) is 6. The van der Waals surface area contributed by atoms with E-state index < -0.39 is 0 Å². The van der Waals surface area contributed by atoms with E-state index in [1.807, 2.05) is 48.3 Å². The number of aromatic nitrogens is 6. The molecule has 0 aromatic carbocycles. The molecule has 0 bridgehead atoms. The molecule has 0 radical (unpaired) electrons. The van der Waals surface area contributed by atoms with Gasteiger partial charge >= 0.3 is 0 Å². The van der Waals surface area contributed by atoms with Crippen LogP contribution < -0.4 is 0 Å². The molecule has 0 aliphatic carbocycles. The highest BCUT2D eigenvalue weighted by atomic mass is 79.9. The molecular formula is C23H19BrCl2N6O. The fourth-order valence-corrected chi connectivity index (χ4v) is 3.86. The van der Waals surface area contributed by atoms with Gasteiger partial charge in [0.15, 0.2) is 0 Å². The lowest BCUT2D eigenvalue weighted by atomic mass is 10.1. The number of aryl methyl sites for hydroxylation is 2. The lowest BCUT2D eigenvalue weighted by molar-refractivity contribution is 0.277. The molecule has 10 heteroatoms. The molecule has 0 fully saturated rings. The fourth-order valence-electron chi connectivity index (χ4n) is 3.23. The summed E-state index contributed by atoms with van der Waals surface area (Å²) < 4.78 is 2.75. The predicted molar refractivity (Wildman–Crippen MR) is 134 cm³/mol. The highest BCUT2D eigenvalue weighted by Gasteiger charge is 2.09. The molecule has 5 rings (SSSR count). The van der Waals surface area contributed by atoms with Gasteiger partial charge in [0.25, 0.3) is 0 Å². The van der Waals surface area contributed by atoms with Crippen molar-refractivity contribution in [2.45, 2.75) is 19.9 Å². The summed E-state index contributed by atoms with van der Waals surface area (Å²) >= 11 is 15.0. The Kier molecular flexibility index (Phi) is 7.49. The molecule has 0 saturated heterocycles. The summed E-state index contributed by atoms with van der Waals surface area (Å²) in [5.74, 6) is 0. The second-order valence-electron chi connectivity index (χ2n) is 7.19. The van der Waals surface area contributed by atoms with Crippen molar-refractivity contribution in [3.63, 3.8) is 0 Å². The summed E-state index contributed by atoms with van der Waals surface area (Å²) in [5, 5.41) is 14.3. The zero-order valence-corrected chi connectivity index (χ0v) is 20.7. The number of aliphatic hydroxyl groups excluding tert-OH is 1. The van der Waals surface area contributed by atoms with Crippen LogP contribution in [0.2, 0.25) is 10.3 Å². The van der Waals surface area contributed by atoms with Gasteiger partial charge in [-0.3, -0.25) is 14.6 Å². The van der Waals surface area contributed by atoms with Gasteiger partial charge in [0.05, 0.1) is 27.8 Å². The lowest BCUT2D eigenvalue weighted by Gasteiger charge is -2.02. The van der Waals surface area contributed by atoms with Crippen LogP contribution in [0.5, 0.6) is 0 Å². The molecule has 0 aliphatic heterocycles. The summed E-state index contributed by atoms with van der Waals surface area (Å²) in [6.07, 6.45) is 6.21. The van der Waals surface area contributed by atoms with Crippen molar-refractivity contribution in [1.82, 2.24) is 29.7 Å². The van der Waals surface area contributed by atoms with Gasteiger partial charge in [-0.25, -0.2) is 9.97 Å². The summed E-state index contributed by atoms with van der Waals surface area (Å²) in [7, 11) is 0. The first-order chi connectivity index (χ1) is 15.9. The van der Waals surface area contributed by atoms with Crippen LogP contribution in [0.4, 0.5) is 0 Å². The number of hydrogen-bond donors (Lipinski definition) is 1. The van der Waals surface area contributed by atoms with Crippen molar-refractivity contribution < 1.29 is 5.11 Å².